The van der Waals surface area contributed by atoms with Crippen LogP contribution < -0.4 is 10.6 Å². The van der Waals surface area contributed by atoms with Crippen LogP contribution in [0.3, 0.4) is 0 Å². The van der Waals surface area contributed by atoms with Gasteiger partial charge in [0.05, 0.1) is 17.8 Å². The molecular formula is C36H51F3N2O6. The minimum absolute atomic E-state index is 0.0689. The van der Waals surface area contributed by atoms with Crippen molar-refractivity contribution in [2.24, 2.45) is 46.3 Å². The first-order valence-electron chi connectivity index (χ1n) is 17.4. The molecular weight excluding hydrogens is 613 g/mol. The molecule has 0 spiro atoms. The first-order chi connectivity index (χ1) is 22.0. The molecule has 4 fully saturated rings. The Hall–Kier alpha value is -2.66. The van der Waals surface area contributed by atoms with E-state index in [0.717, 1.165) is 75.6 Å². The van der Waals surface area contributed by atoms with Gasteiger partial charge in [0.25, 0.3) is 0 Å². The third kappa shape index (κ3) is 7.36. The monoisotopic (exact) mass is 664 g/mol. The number of alkyl halides is 3. The number of carboxylic acids is 1. The van der Waals surface area contributed by atoms with Gasteiger partial charge in [0, 0.05) is 18.5 Å². The highest BCUT2D eigenvalue weighted by Crippen LogP contribution is 2.68. The zero-order valence-corrected chi connectivity index (χ0v) is 27.7. The number of aliphatic hydroxyl groups is 2. The van der Waals surface area contributed by atoms with Gasteiger partial charge in [-0.05, 0) is 135 Å². The van der Waals surface area contributed by atoms with Gasteiger partial charge in [0.15, 0.2) is 0 Å². The molecule has 5 rings (SSSR count). The number of anilines is 1. The maximum atomic E-state index is 12.9. The van der Waals surface area contributed by atoms with Crippen molar-refractivity contribution in [1.29, 1.82) is 0 Å². The Morgan fingerprint density at radius 1 is 0.894 bits per heavy atom. The van der Waals surface area contributed by atoms with Crippen LogP contribution in [0, 0.1) is 46.3 Å². The van der Waals surface area contributed by atoms with E-state index in [4.69, 9.17) is 0 Å². The van der Waals surface area contributed by atoms with Gasteiger partial charge in [0.1, 0.15) is 6.04 Å². The zero-order chi connectivity index (χ0) is 34.3. The lowest BCUT2D eigenvalue weighted by Gasteiger charge is -2.62. The Kier molecular flexibility index (Phi) is 10.4. The number of nitrogens with one attached hydrogen (secondary N) is 2. The van der Waals surface area contributed by atoms with Crippen LogP contribution in [0.15, 0.2) is 24.3 Å². The lowest BCUT2D eigenvalue weighted by molar-refractivity contribution is -0.174. The van der Waals surface area contributed by atoms with Crippen molar-refractivity contribution in [2.45, 2.75) is 122 Å². The molecule has 1 aromatic rings. The summed E-state index contributed by atoms with van der Waals surface area (Å²) in [5.41, 5.74) is -0.450. The van der Waals surface area contributed by atoms with Gasteiger partial charge in [-0.1, -0.05) is 20.8 Å². The fraction of sp³-hybridized carbons (Fsp3) is 0.750. The van der Waals surface area contributed by atoms with Gasteiger partial charge >= 0.3 is 12.1 Å². The Balaban J connectivity index is 1.11. The van der Waals surface area contributed by atoms with E-state index in [-0.39, 0.29) is 59.8 Å². The number of hydrogen-bond acceptors (Lipinski definition) is 5. The van der Waals surface area contributed by atoms with Crippen molar-refractivity contribution in [3.63, 3.8) is 0 Å². The number of rotatable bonds is 10. The van der Waals surface area contributed by atoms with Crippen molar-refractivity contribution < 1.29 is 42.9 Å². The molecule has 0 unspecified atom stereocenters. The SMILES string of the molecule is C[C@H](CCC(=O)N[C@@H](CCC(=O)Nc1ccc(C(F)(F)F)cc1)C(=O)O)[C@H]1CC[C@H]2[C@@H]3[C@H](O)C[C@H]4C[C@H](O)CC[C@]4(C)[C@H]3CC[C@]12C. The summed E-state index contributed by atoms with van der Waals surface area (Å²) in [7, 11) is 0. The summed E-state index contributed by atoms with van der Waals surface area (Å²) in [5.74, 6) is -0.0633. The highest BCUT2D eigenvalue weighted by molar-refractivity contribution is 5.91. The number of benzene rings is 1. The predicted octanol–water partition coefficient (Wildman–Crippen LogP) is 6.40. The average molecular weight is 665 g/mol. The number of carboxylic acid groups (broad SMARTS) is 1. The quantitative estimate of drug-likeness (QED) is 0.197. The maximum absolute atomic E-state index is 12.9. The molecule has 47 heavy (non-hydrogen) atoms. The molecule has 262 valence electrons. The third-order valence-corrected chi connectivity index (χ3v) is 13.0. The minimum atomic E-state index is -4.49. The van der Waals surface area contributed by atoms with Crippen LogP contribution >= 0.6 is 0 Å². The smallest absolute Gasteiger partial charge is 0.416 e. The van der Waals surface area contributed by atoms with Gasteiger partial charge < -0.3 is 26.0 Å². The summed E-state index contributed by atoms with van der Waals surface area (Å²) in [4.78, 5) is 37.1. The normalized spacial score (nSPS) is 36.3. The molecule has 11 heteroatoms. The number of hydrogen-bond donors (Lipinski definition) is 5. The van der Waals surface area contributed by atoms with E-state index < -0.39 is 35.6 Å². The van der Waals surface area contributed by atoms with Crippen molar-refractivity contribution >= 4 is 23.5 Å². The lowest BCUT2D eigenvalue weighted by atomic mass is 9.43. The van der Waals surface area contributed by atoms with E-state index in [2.05, 4.69) is 31.4 Å². The first kappa shape index (κ1) is 35.6. The van der Waals surface area contributed by atoms with E-state index in [9.17, 15) is 42.9 Å². The largest absolute Gasteiger partial charge is 0.480 e. The Labute approximate surface area is 275 Å². The number of carbonyl (C=O) groups excluding carboxylic acids is 2. The van der Waals surface area contributed by atoms with E-state index >= 15 is 0 Å². The van der Waals surface area contributed by atoms with Crippen LogP contribution in [0.4, 0.5) is 18.9 Å². The highest BCUT2D eigenvalue weighted by atomic mass is 19.4. The number of aliphatic hydroxyl groups excluding tert-OH is 2. The average Bonchev–Trinajstić information content (AvgIpc) is 3.35. The number of amides is 2. The Morgan fingerprint density at radius 3 is 2.19 bits per heavy atom. The summed E-state index contributed by atoms with van der Waals surface area (Å²) >= 11 is 0. The molecule has 0 radical (unpaired) electrons. The molecule has 4 aliphatic rings. The van der Waals surface area contributed by atoms with Crippen molar-refractivity contribution in [3.8, 4) is 0 Å². The molecule has 2 amide bonds. The second-order valence-electron chi connectivity index (χ2n) is 15.6. The van der Waals surface area contributed by atoms with Crippen molar-refractivity contribution in [1.82, 2.24) is 5.32 Å². The summed E-state index contributed by atoms with van der Waals surface area (Å²) in [6, 6.07) is 2.70. The fourth-order valence-corrected chi connectivity index (χ4v) is 10.5. The van der Waals surface area contributed by atoms with Gasteiger partial charge in [-0.15, -0.1) is 0 Å². The van der Waals surface area contributed by atoms with Gasteiger partial charge in [-0.2, -0.15) is 13.2 Å². The first-order valence-corrected chi connectivity index (χ1v) is 17.4. The van der Waals surface area contributed by atoms with Gasteiger partial charge in [0.2, 0.25) is 11.8 Å². The van der Waals surface area contributed by atoms with Crippen LogP contribution in [-0.4, -0.2) is 51.4 Å². The molecule has 0 heterocycles. The summed E-state index contributed by atoms with van der Waals surface area (Å²) in [6.07, 6.45) is 2.98. The number of halogens is 3. The van der Waals surface area contributed by atoms with E-state index in [0.29, 0.717) is 30.1 Å². The minimum Gasteiger partial charge on any atom is -0.480 e. The predicted molar refractivity (Wildman–Crippen MR) is 170 cm³/mol. The van der Waals surface area contributed by atoms with Crippen LogP contribution in [-0.2, 0) is 20.6 Å². The molecule has 4 saturated carbocycles. The Morgan fingerprint density at radius 2 is 1.53 bits per heavy atom. The number of aliphatic carboxylic acids is 1. The summed E-state index contributed by atoms with van der Waals surface area (Å²) in [6.45, 7) is 6.96. The molecule has 5 N–H and O–H groups in total. The second kappa shape index (κ2) is 13.7. The van der Waals surface area contributed by atoms with Gasteiger partial charge in [-0.3, -0.25) is 9.59 Å². The van der Waals surface area contributed by atoms with E-state index in [1.54, 1.807) is 0 Å². The van der Waals surface area contributed by atoms with Gasteiger partial charge in [-0.25, -0.2) is 4.79 Å². The molecule has 8 nitrogen and oxygen atoms in total. The van der Waals surface area contributed by atoms with Crippen LogP contribution in [0.1, 0.15) is 103 Å². The summed E-state index contributed by atoms with van der Waals surface area (Å²) in [5, 5.41) is 36.5. The van der Waals surface area contributed by atoms with Crippen molar-refractivity contribution in [3.05, 3.63) is 29.8 Å². The topological polar surface area (TPSA) is 136 Å². The lowest BCUT2D eigenvalue weighted by Crippen LogP contribution is -2.58. The highest BCUT2D eigenvalue weighted by Gasteiger charge is 2.62. The molecule has 0 bridgehead atoms. The molecule has 0 aromatic heterocycles. The summed E-state index contributed by atoms with van der Waals surface area (Å²) < 4.78 is 38.3. The number of carbonyl (C=O) groups is 3. The van der Waals surface area contributed by atoms with E-state index in [1.807, 2.05) is 0 Å². The second-order valence-corrected chi connectivity index (χ2v) is 15.6. The fourth-order valence-electron chi connectivity index (χ4n) is 10.5. The number of fused-ring (bicyclic) bond motifs is 5. The van der Waals surface area contributed by atoms with E-state index in [1.165, 1.54) is 0 Å². The van der Waals surface area contributed by atoms with Crippen molar-refractivity contribution in [2.75, 3.05) is 5.32 Å². The van der Waals surface area contributed by atoms with Crippen LogP contribution in [0.5, 0.6) is 0 Å². The Bertz CT molecular complexity index is 1310. The molecule has 0 saturated heterocycles. The standard InChI is InChI=1S/C36H51F3N2O6/c1-20(4-12-31(45)41-28(33(46)47)11-13-30(44)40-23-7-5-21(6-8-23)36(37,38)39)25-9-10-26-32-27(15-17-35(25,26)3)34(2)16-14-24(42)18-22(34)19-29(32)43/h5-8,20,22,24-29,32,42-43H,4,9-19H2,1-3H3,(H,40,44)(H,41,45)(H,46,47)/t20-,22-,24-,25-,26+,27+,28+,29-,32+,34+,35-/m1/s1. The zero-order valence-electron chi connectivity index (χ0n) is 27.7. The van der Waals surface area contributed by atoms with Crippen LogP contribution in [0.2, 0.25) is 0 Å². The molecule has 0 aliphatic heterocycles. The van der Waals surface area contributed by atoms with Crippen LogP contribution in [0.25, 0.3) is 0 Å². The molecule has 1 aromatic carbocycles. The molecule has 11 atom stereocenters. The maximum Gasteiger partial charge on any atom is 0.416 e. The third-order valence-electron chi connectivity index (χ3n) is 13.0. The molecule has 4 aliphatic carbocycles.